The molecule has 1 unspecified atom stereocenters. The van der Waals surface area contributed by atoms with Crippen LogP contribution in [0, 0.1) is 10.1 Å². The highest BCUT2D eigenvalue weighted by Crippen LogP contribution is 2.40. The van der Waals surface area contributed by atoms with Crippen molar-refractivity contribution in [2.24, 2.45) is 0 Å². The monoisotopic (exact) mass is 588 g/mol. The van der Waals surface area contributed by atoms with Gasteiger partial charge in [0.1, 0.15) is 6.61 Å². The Hall–Kier alpha value is -4.39. The number of esters is 2. The number of anilines is 1. The lowest BCUT2D eigenvalue weighted by Crippen LogP contribution is -2.47. The number of rotatable bonds is 8. The number of methoxy groups -OCH3 is 1. The molecule has 0 aromatic heterocycles. The van der Waals surface area contributed by atoms with E-state index in [9.17, 15) is 32.9 Å². The minimum atomic E-state index is -4.41. The molecule has 0 saturated carbocycles. The van der Waals surface area contributed by atoms with E-state index in [0.29, 0.717) is 55.4 Å². The zero-order chi connectivity index (χ0) is 30.6. The number of allylic oxidation sites excluding steroid dienone is 2. The number of piperazine rings is 1. The van der Waals surface area contributed by atoms with Crippen molar-refractivity contribution < 1.29 is 37.2 Å². The average molecular weight is 589 g/mol. The lowest BCUT2D eigenvalue weighted by molar-refractivity contribution is -0.384. The molecule has 1 N–H and O–H groups in total. The third kappa shape index (κ3) is 6.73. The van der Waals surface area contributed by atoms with Crippen LogP contribution in [0.25, 0.3) is 0 Å². The number of alkyl halides is 3. The van der Waals surface area contributed by atoms with Crippen LogP contribution < -0.4 is 10.2 Å². The van der Waals surface area contributed by atoms with Crippen LogP contribution in [0.4, 0.5) is 24.5 Å². The van der Waals surface area contributed by atoms with Gasteiger partial charge in [-0.2, -0.15) is 13.2 Å². The molecule has 10 nitrogen and oxygen atoms in total. The minimum absolute atomic E-state index is 0.0249. The molecule has 0 amide bonds. The second-order valence-electron chi connectivity index (χ2n) is 9.99. The highest BCUT2D eigenvalue weighted by molar-refractivity contribution is 5.99. The Morgan fingerprint density at radius 1 is 1.00 bits per heavy atom. The number of nitro groups is 1. The second kappa shape index (κ2) is 12.6. The number of non-ortho nitro benzene ring substituents is 1. The molecule has 2 aliphatic heterocycles. The molecule has 1 saturated heterocycles. The van der Waals surface area contributed by atoms with Crippen molar-refractivity contribution in [2.75, 3.05) is 51.3 Å². The predicted octanol–water partition coefficient (Wildman–Crippen LogP) is 4.39. The van der Waals surface area contributed by atoms with Gasteiger partial charge >= 0.3 is 18.1 Å². The smallest absolute Gasteiger partial charge is 0.416 e. The molecule has 13 heteroatoms. The van der Waals surface area contributed by atoms with Crippen molar-refractivity contribution in [3.63, 3.8) is 0 Å². The third-order valence-electron chi connectivity index (χ3n) is 7.35. The first-order valence-corrected chi connectivity index (χ1v) is 13.2. The maximum Gasteiger partial charge on any atom is 0.416 e. The summed E-state index contributed by atoms with van der Waals surface area (Å²) in [4.78, 5) is 41.0. The Balaban J connectivity index is 1.43. The van der Waals surface area contributed by atoms with Gasteiger partial charge in [-0.25, -0.2) is 9.59 Å². The number of benzene rings is 2. The first kappa shape index (κ1) is 30.6. The normalized spacial score (nSPS) is 18.0. The molecule has 2 aromatic rings. The van der Waals surface area contributed by atoms with Crippen molar-refractivity contribution in [3.8, 4) is 0 Å². The van der Waals surface area contributed by atoms with Crippen LogP contribution in [-0.2, 0) is 25.2 Å². The number of nitrogens with zero attached hydrogens (tertiary/aromatic N) is 3. The summed E-state index contributed by atoms with van der Waals surface area (Å²) < 4.78 is 49.9. The SMILES string of the molecule is COC(=O)C1=C(C)NC(C)=C(C(=O)OCCN2CCN(c3cccc(C(F)(F)F)c3)CC2)C1c1cccc([N+](=O)[O-])c1. The van der Waals surface area contributed by atoms with Crippen LogP contribution >= 0.6 is 0 Å². The van der Waals surface area contributed by atoms with Gasteiger partial charge in [0.25, 0.3) is 5.69 Å². The molecule has 42 heavy (non-hydrogen) atoms. The predicted molar refractivity (Wildman–Crippen MR) is 147 cm³/mol. The molecule has 2 aromatic carbocycles. The third-order valence-corrected chi connectivity index (χ3v) is 7.35. The van der Waals surface area contributed by atoms with Gasteiger partial charge in [0.15, 0.2) is 0 Å². The summed E-state index contributed by atoms with van der Waals surface area (Å²) in [6.45, 7) is 5.85. The molecule has 4 rings (SSSR count). The quantitative estimate of drug-likeness (QED) is 0.273. The van der Waals surface area contributed by atoms with E-state index in [4.69, 9.17) is 9.47 Å². The van der Waals surface area contributed by atoms with Crippen LogP contribution in [0.2, 0.25) is 0 Å². The number of hydrogen-bond acceptors (Lipinski definition) is 9. The van der Waals surface area contributed by atoms with Crippen LogP contribution in [0.15, 0.2) is 71.1 Å². The molecule has 2 heterocycles. The Morgan fingerprint density at radius 3 is 2.26 bits per heavy atom. The second-order valence-corrected chi connectivity index (χ2v) is 9.99. The standard InChI is InChI=1S/C29H31F3N4O6/c1-18-24(27(37)41-3)26(20-6-4-9-23(16-20)36(39)40)25(19(2)33-18)28(38)42-15-14-34-10-12-35(13-11-34)22-8-5-7-21(17-22)29(30,31)32/h4-9,16-17,26,33H,10-15H2,1-3H3. The number of dihydropyridines is 1. The van der Waals surface area contributed by atoms with Crippen molar-refractivity contribution in [3.05, 3.63) is 92.3 Å². The highest BCUT2D eigenvalue weighted by atomic mass is 19.4. The molecule has 1 atom stereocenters. The lowest BCUT2D eigenvalue weighted by atomic mass is 9.80. The first-order chi connectivity index (χ1) is 19.9. The molecule has 0 radical (unpaired) electrons. The number of ether oxygens (including phenoxy) is 2. The molecule has 0 bridgehead atoms. The molecule has 0 aliphatic carbocycles. The summed E-state index contributed by atoms with van der Waals surface area (Å²) in [5, 5.41) is 14.5. The van der Waals surface area contributed by atoms with Crippen molar-refractivity contribution >= 4 is 23.3 Å². The number of carbonyl (C=O) groups is 2. The van der Waals surface area contributed by atoms with Crippen molar-refractivity contribution in [1.29, 1.82) is 0 Å². The van der Waals surface area contributed by atoms with Crippen molar-refractivity contribution in [2.45, 2.75) is 25.9 Å². The zero-order valence-corrected chi connectivity index (χ0v) is 23.4. The van der Waals surface area contributed by atoms with E-state index in [-0.39, 0.29) is 23.4 Å². The molecular weight excluding hydrogens is 557 g/mol. The fourth-order valence-corrected chi connectivity index (χ4v) is 5.25. The molecule has 1 fully saturated rings. The molecule has 2 aliphatic rings. The van der Waals surface area contributed by atoms with Gasteiger partial charge in [0, 0.05) is 61.9 Å². The van der Waals surface area contributed by atoms with Crippen LogP contribution in [-0.4, -0.2) is 68.2 Å². The lowest BCUT2D eigenvalue weighted by Gasteiger charge is -2.36. The summed E-state index contributed by atoms with van der Waals surface area (Å²) in [6.07, 6.45) is -4.41. The van der Waals surface area contributed by atoms with E-state index in [0.717, 1.165) is 12.1 Å². The van der Waals surface area contributed by atoms with E-state index >= 15 is 0 Å². The molecule has 0 spiro atoms. The number of nitro benzene ring substituents is 1. The van der Waals surface area contributed by atoms with Crippen LogP contribution in [0.5, 0.6) is 0 Å². The minimum Gasteiger partial charge on any atom is -0.466 e. The van der Waals surface area contributed by atoms with E-state index in [1.54, 1.807) is 26.0 Å². The Kier molecular flexibility index (Phi) is 9.20. The molecule has 224 valence electrons. The van der Waals surface area contributed by atoms with Crippen LogP contribution in [0.3, 0.4) is 0 Å². The van der Waals surface area contributed by atoms with Gasteiger partial charge in [-0.05, 0) is 37.6 Å². The summed E-state index contributed by atoms with van der Waals surface area (Å²) in [5.41, 5.74) is 1.14. The summed E-state index contributed by atoms with van der Waals surface area (Å²) in [6, 6.07) is 10.9. The number of nitrogens with one attached hydrogen (secondary N) is 1. The average Bonchev–Trinajstić information content (AvgIpc) is 2.96. The van der Waals surface area contributed by atoms with E-state index in [1.165, 1.54) is 31.4 Å². The summed E-state index contributed by atoms with van der Waals surface area (Å²) in [5.74, 6) is -2.33. The number of halogens is 3. The van der Waals surface area contributed by atoms with Gasteiger partial charge in [-0.3, -0.25) is 15.0 Å². The Labute approximate surface area is 240 Å². The topological polar surface area (TPSA) is 114 Å². The summed E-state index contributed by atoms with van der Waals surface area (Å²) >= 11 is 0. The first-order valence-electron chi connectivity index (χ1n) is 13.2. The number of hydrogen-bond donors (Lipinski definition) is 1. The summed E-state index contributed by atoms with van der Waals surface area (Å²) in [7, 11) is 1.21. The fraction of sp³-hybridized carbons (Fsp3) is 0.379. The van der Waals surface area contributed by atoms with E-state index in [2.05, 4.69) is 5.32 Å². The number of carbonyl (C=O) groups excluding carboxylic acids is 2. The van der Waals surface area contributed by atoms with Gasteiger partial charge in [-0.15, -0.1) is 0 Å². The van der Waals surface area contributed by atoms with Gasteiger partial charge in [0.05, 0.1) is 34.7 Å². The Morgan fingerprint density at radius 2 is 1.64 bits per heavy atom. The zero-order valence-electron chi connectivity index (χ0n) is 23.4. The molecular formula is C29H31F3N4O6. The maximum absolute atomic E-state index is 13.4. The maximum atomic E-state index is 13.4. The van der Waals surface area contributed by atoms with Gasteiger partial charge < -0.3 is 19.7 Å². The van der Waals surface area contributed by atoms with Gasteiger partial charge in [-0.1, -0.05) is 18.2 Å². The largest absolute Gasteiger partial charge is 0.466 e. The van der Waals surface area contributed by atoms with E-state index < -0.39 is 34.5 Å². The Bertz CT molecular complexity index is 1430. The van der Waals surface area contributed by atoms with E-state index in [1.807, 2.05) is 9.80 Å². The fourth-order valence-electron chi connectivity index (χ4n) is 5.25. The highest BCUT2D eigenvalue weighted by Gasteiger charge is 2.38. The van der Waals surface area contributed by atoms with Crippen molar-refractivity contribution in [1.82, 2.24) is 10.2 Å². The van der Waals surface area contributed by atoms with Gasteiger partial charge in [0.2, 0.25) is 0 Å². The van der Waals surface area contributed by atoms with Crippen LogP contribution in [0.1, 0.15) is 30.9 Å².